The Labute approximate surface area is 110 Å². The van der Waals surface area contributed by atoms with E-state index < -0.39 is 30.7 Å². The zero-order valence-electron chi connectivity index (χ0n) is 10.3. The molecule has 1 aliphatic heterocycles. The van der Waals surface area contributed by atoms with Crippen LogP contribution in [-0.4, -0.2) is 57.7 Å². The summed E-state index contributed by atoms with van der Waals surface area (Å²) in [6, 6.07) is 9.45. The van der Waals surface area contributed by atoms with Gasteiger partial charge in [0, 0.05) is 0 Å². The van der Waals surface area contributed by atoms with E-state index in [1.807, 2.05) is 30.3 Å². The normalized spacial score (nSPS) is 35.3. The lowest BCUT2D eigenvalue weighted by molar-refractivity contribution is -0.289. The van der Waals surface area contributed by atoms with Crippen molar-refractivity contribution in [1.29, 1.82) is 0 Å². The molecule has 0 aromatic heterocycles. The highest BCUT2D eigenvalue weighted by molar-refractivity contribution is 5.13. The Morgan fingerprint density at radius 2 is 1.63 bits per heavy atom. The number of aliphatic hydroxyl groups excluding tert-OH is 4. The Balaban J connectivity index is 1.82. The quantitative estimate of drug-likeness (QED) is 0.560. The molecule has 0 saturated carbocycles. The third-order valence-corrected chi connectivity index (χ3v) is 3.08. The second-order valence-corrected chi connectivity index (χ2v) is 4.54. The Bertz CT molecular complexity index is 384. The molecular formula is C13H18O6. The van der Waals surface area contributed by atoms with Gasteiger partial charge in [0.25, 0.3) is 0 Å². The van der Waals surface area contributed by atoms with E-state index in [1.165, 1.54) is 0 Å². The number of ether oxygens (including phenoxy) is 2. The molecule has 1 aromatic carbocycles. The van der Waals surface area contributed by atoms with Crippen LogP contribution in [0.2, 0.25) is 0 Å². The number of hydrogen-bond acceptors (Lipinski definition) is 6. The molecule has 6 nitrogen and oxygen atoms in total. The molecule has 5 atom stereocenters. The third-order valence-electron chi connectivity index (χ3n) is 3.08. The molecular weight excluding hydrogens is 252 g/mol. The van der Waals surface area contributed by atoms with E-state index in [-0.39, 0.29) is 6.61 Å². The topological polar surface area (TPSA) is 99.4 Å². The summed E-state index contributed by atoms with van der Waals surface area (Å²) in [7, 11) is 0. The van der Waals surface area contributed by atoms with Gasteiger partial charge in [-0.15, -0.1) is 0 Å². The number of hydrogen-bond donors (Lipinski definition) is 4. The van der Waals surface area contributed by atoms with E-state index in [0.29, 0.717) is 6.61 Å². The molecule has 1 saturated heterocycles. The number of aliphatic hydroxyl groups is 4. The van der Waals surface area contributed by atoms with Crippen LogP contribution in [0.3, 0.4) is 0 Å². The van der Waals surface area contributed by atoms with Gasteiger partial charge in [-0.05, 0) is 5.56 Å². The van der Waals surface area contributed by atoms with Gasteiger partial charge in [0.1, 0.15) is 24.4 Å². The molecule has 0 amide bonds. The Morgan fingerprint density at radius 1 is 0.947 bits per heavy atom. The largest absolute Gasteiger partial charge is 0.387 e. The van der Waals surface area contributed by atoms with Crippen LogP contribution < -0.4 is 0 Å². The van der Waals surface area contributed by atoms with Gasteiger partial charge in [0.05, 0.1) is 13.2 Å². The Kier molecular flexibility index (Phi) is 4.87. The van der Waals surface area contributed by atoms with Gasteiger partial charge in [-0.1, -0.05) is 30.3 Å². The lowest BCUT2D eigenvalue weighted by Crippen LogP contribution is -2.58. The van der Waals surface area contributed by atoms with Gasteiger partial charge in [0.15, 0.2) is 6.29 Å². The fourth-order valence-electron chi connectivity index (χ4n) is 1.94. The summed E-state index contributed by atoms with van der Waals surface area (Å²) in [5.74, 6) is 0. The molecule has 1 aromatic rings. The molecule has 0 radical (unpaired) electrons. The molecule has 1 aliphatic rings. The van der Waals surface area contributed by atoms with Crippen molar-refractivity contribution in [2.24, 2.45) is 0 Å². The summed E-state index contributed by atoms with van der Waals surface area (Å²) >= 11 is 0. The molecule has 4 N–H and O–H groups in total. The lowest BCUT2D eigenvalue weighted by Gasteiger charge is -2.38. The smallest absolute Gasteiger partial charge is 0.184 e. The average Bonchev–Trinajstić information content (AvgIpc) is 2.43. The first-order valence-corrected chi connectivity index (χ1v) is 6.09. The Morgan fingerprint density at radius 3 is 2.32 bits per heavy atom. The maximum atomic E-state index is 9.70. The van der Waals surface area contributed by atoms with Gasteiger partial charge in [-0.2, -0.15) is 0 Å². The maximum Gasteiger partial charge on any atom is 0.184 e. The molecule has 1 heterocycles. The molecule has 0 unspecified atom stereocenters. The van der Waals surface area contributed by atoms with Crippen molar-refractivity contribution in [3.63, 3.8) is 0 Å². The highest BCUT2D eigenvalue weighted by atomic mass is 16.6. The van der Waals surface area contributed by atoms with E-state index in [2.05, 4.69) is 0 Å². The Hall–Kier alpha value is -1.02. The highest BCUT2D eigenvalue weighted by Crippen LogP contribution is 2.20. The minimum atomic E-state index is -1.52. The standard InChI is InChI=1S/C13H18O6/c14-10-9(19-13(17)12(16)11(10)15)7-18-6-8-4-2-1-3-5-8/h1-5,9-17H,6-7H2/t9-,10+,11+,12-,13-/m1/s1. The summed E-state index contributed by atoms with van der Waals surface area (Å²) in [4.78, 5) is 0. The van der Waals surface area contributed by atoms with Crippen molar-refractivity contribution >= 4 is 0 Å². The second kappa shape index (κ2) is 6.42. The molecule has 1 fully saturated rings. The van der Waals surface area contributed by atoms with Crippen LogP contribution in [0, 0.1) is 0 Å². The van der Waals surface area contributed by atoms with Crippen molar-refractivity contribution in [3.8, 4) is 0 Å². The van der Waals surface area contributed by atoms with Crippen molar-refractivity contribution in [3.05, 3.63) is 35.9 Å². The molecule has 0 spiro atoms. The number of benzene rings is 1. The fourth-order valence-corrected chi connectivity index (χ4v) is 1.94. The predicted octanol–water partition coefficient (Wildman–Crippen LogP) is -0.997. The fraction of sp³-hybridized carbons (Fsp3) is 0.538. The molecule has 19 heavy (non-hydrogen) atoms. The molecule has 0 aliphatic carbocycles. The monoisotopic (exact) mass is 270 g/mol. The molecule has 106 valence electrons. The van der Waals surface area contributed by atoms with Gasteiger partial charge in [-0.3, -0.25) is 0 Å². The van der Waals surface area contributed by atoms with E-state index >= 15 is 0 Å². The average molecular weight is 270 g/mol. The maximum absolute atomic E-state index is 9.70. The van der Waals surface area contributed by atoms with E-state index in [1.54, 1.807) is 0 Å². The van der Waals surface area contributed by atoms with Crippen molar-refractivity contribution in [2.75, 3.05) is 6.61 Å². The van der Waals surface area contributed by atoms with Gasteiger partial charge in [0.2, 0.25) is 0 Å². The first-order chi connectivity index (χ1) is 9.09. The highest BCUT2D eigenvalue weighted by Gasteiger charge is 2.42. The van der Waals surface area contributed by atoms with Crippen molar-refractivity contribution < 1.29 is 29.9 Å². The minimum Gasteiger partial charge on any atom is -0.387 e. The van der Waals surface area contributed by atoms with Crippen LogP contribution in [0.25, 0.3) is 0 Å². The van der Waals surface area contributed by atoms with Crippen molar-refractivity contribution in [1.82, 2.24) is 0 Å². The van der Waals surface area contributed by atoms with E-state index in [9.17, 15) is 20.4 Å². The summed E-state index contributed by atoms with van der Waals surface area (Å²) < 4.78 is 10.4. The van der Waals surface area contributed by atoms with Crippen LogP contribution in [-0.2, 0) is 16.1 Å². The molecule has 6 heteroatoms. The third kappa shape index (κ3) is 3.50. The minimum absolute atomic E-state index is 0.0108. The summed E-state index contributed by atoms with van der Waals surface area (Å²) in [6.07, 6.45) is -6.66. The predicted molar refractivity (Wildman–Crippen MR) is 65.0 cm³/mol. The first-order valence-electron chi connectivity index (χ1n) is 6.09. The summed E-state index contributed by atoms with van der Waals surface area (Å²) in [5, 5.41) is 37.9. The summed E-state index contributed by atoms with van der Waals surface area (Å²) in [5.41, 5.74) is 0.967. The van der Waals surface area contributed by atoms with E-state index in [0.717, 1.165) is 5.56 Å². The van der Waals surface area contributed by atoms with Gasteiger partial charge < -0.3 is 29.9 Å². The lowest BCUT2D eigenvalue weighted by atomic mass is 9.99. The van der Waals surface area contributed by atoms with Crippen LogP contribution >= 0.6 is 0 Å². The van der Waals surface area contributed by atoms with Gasteiger partial charge in [-0.25, -0.2) is 0 Å². The second-order valence-electron chi connectivity index (χ2n) is 4.54. The van der Waals surface area contributed by atoms with Crippen LogP contribution in [0.4, 0.5) is 0 Å². The zero-order chi connectivity index (χ0) is 13.8. The van der Waals surface area contributed by atoms with Crippen LogP contribution in [0.15, 0.2) is 30.3 Å². The molecule has 2 rings (SSSR count). The summed E-state index contributed by atoms with van der Waals surface area (Å²) in [6.45, 7) is 0.346. The van der Waals surface area contributed by atoms with E-state index in [4.69, 9.17) is 9.47 Å². The van der Waals surface area contributed by atoms with Gasteiger partial charge >= 0.3 is 0 Å². The zero-order valence-corrected chi connectivity index (χ0v) is 10.3. The van der Waals surface area contributed by atoms with Crippen LogP contribution in [0.5, 0.6) is 0 Å². The number of rotatable bonds is 4. The SMILES string of the molecule is O[C@@H]1[C@@H](O)[C@H](O)O[C@H](COCc2ccccc2)[C@@H]1O. The van der Waals surface area contributed by atoms with Crippen molar-refractivity contribution in [2.45, 2.75) is 37.3 Å². The first kappa shape index (κ1) is 14.4. The van der Waals surface area contributed by atoms with Crippen LogP contribution in [0.1, 0.15) is 5.56 Å². The molecule has 0 bridgehead atoms.